The summed E-state index contributed by atoms with van der Waals surface area (Å²) in [4.78, 5) is 0. The Hall–Kier alpha value is -0.830. The second kappa shape index (κ2) is 4.60. The van der Waals surface area contributed by atoms with E-state index in [1.165, 1.54) is 11.5 Å². The molecular weight excluding hydrogens is 194 g/mol. The second-order valence-electron chi connectivity index (χ2n) is 3.50. The van der Waals surface area contributed by atoms with Gasteiger partial charge in [-0.15, -0.1) is 0 Å². The van der Waals surface area contributed by atoms with Crippen LogP contribution in [0.3, 0.4) is 0 Å². The zero-order chi connectivity index (χ0) is 9.80. The predicted octanol–water partition coefficient (Wildman–Crippen LogP) is 2.54. The first-order chi connectivity index (χ1) is 6.84. The van der Waals surface area contributed by atoms with Gasteiger partial charge in [0.1, 0.15) is 11.9 Å². The second-order valence-corrected chi connectivity index (χ2v) is 4.73. The van der Waals surface area contributed by atoms with Gasteiger partial charge in [-0.2, -0.15) is 11.8 Å². The Balaban J connectivity index is 1.95. The van der Waals surface area contributed by atoms with Crippen molar-refractivity contribution >= 4 is 17.4 Å². The first-order valence-corrected chi connectivity index (χ1v) is 6.10. The van der Waals surface area contributed by atoms with Crippen LogP contribution in [0.15, 0.2) is 24.3 Å². The van der Waals surface area contributed by atoms with E-state index in [1.807, 2.05) is 36.0 Å². The van der Waals surface area contributed by atoms with Crippen LogP contribution in [0.25, 0.3) is 0 Å². The molecule has 1 fully saturated rings. The molecular formula is C11H15NOS. The molecule has 76 valence electrons. The van der Waals surface area contributed by atoms with Crippen LogP contribution >= 0.6 is 11.8 Å². The van der Waals surface area contributed by atoms with Gasteiger partial charge in [-0.3, -0.25) is 0 Å². The van der Waals surface area contributed by atoms with Crippen molar-refractivity contribution in [1.29, 1.82) is 0 Å². The van der Waals surface area contributed by atoms with Crippen LogP contribution in [0, 0.1) is 0 Å². The van der Waals surface area contributed by atoms with Crippen LogP contribution in [0.4, 0.5) is 5.69 Å². The number of nitrogens with two attached hydrogens (primary N) is 1. The first-order valence-electron chi connectivity index (χ1n) is 4.94. The van der Waals surface area contributed by atoms with E-state index in [4.69, 9.17) is 10.5 Å². The third-order valence-corrected chi connectivity index (χ3v) is 3.38. The molecule has 3 heteroatoms. The zero-order valence-corrected chi connectivity index (χ0v) is 8.93. The van der Waals surface area contributed by atoms with Gasteiger partial charge in [-0.05, 0) is 36.5 Å². The van der Waals surface area contributed by atoms with E-state index < -0.39 is 0 Å². The van der Waals surface area contributed by atoms with Crippen molar-refractivity contribution in [3.63, 3.8) is 0 Å². The number of thioether (sulfide) groups is 1. The minimum absolute atomic E-state index is 0.387. The highest BCUT2D eigenvalue weighted by atomic mass is 32.2. The number of anilines is 1. The number of benzene rings is 1. The Bertz CT molecular complexity index is 297. The average molecular weight is 209 g/mol. The molecule has 0 aliphatic carbocycles. The standard InChI is InChI=1S/C11H15NOS/c12-9-2-1-3-11(8-9)13-10-4-6-14-7-5-10/h1-3,8,10H,4-7,12H2. The van der Waals surface area contributed by atoms with Crippen LogP contribution < -0.4 is 10.5 Å². The Kier molecular flexibility index (Phi) is 3.19. The van der Waals surface area contributed by atoms with Gasteiger partial charge in [0.2, 0.25) is 0 Å². The highest BCUT2D eigenvalue weighted by Gasteiger charge is 2.14. The fraction of sp³-hybridized carbons (Fsp3) is 0.455. The Labute approximate surface area is 88.8 Å². The maximum Gasteiger partial charge on any atom is 0.121 e. The van der Waals surface area contributed by atoms with Crippen molar-refractivity contribution in [2.45, 2.75) is 18.9 Å². The highest BCUT2D eigenvalue weighted by Crippen LogP contribution is 2.23. The van der Waals surface area contributed by atoms with Gasteiger partial charge < -0.3 is 10.5 Å². The molecule has 2 rings (SSSR count). The van der Waals surface area contributed by atoms with Crippen LogP contribution in [-0.4, -0.2) is 17.6 Å². The summed E-state index contributed by atoms with van der Waals surface area (Å²) < 4.78 is 5.84. The average Bonchev–Trinajstić information content (AvgIpc) is 2.19. The van der Waals surface area contributed by atoms with E-state index in [-0.39, 0.29) is 0 Å². The predicted molar refractivity (Wildman–Crippen MR) is 61.8 cm³/mol. The Morgan fingerprint density at radius 3 is 2.79 bits per heavy atom. The van der Waals surface area contributed by atoms with E-state index in [0.717, 1.165) is 24.3 Å². The lowest BCUT2D eigenvalue weighted by atomic mass is 10.2. The summed E-state index contributed by atoms with van der Waals surface area (Å²) in [6.07, 6.45) is 2.69. The summed E-state index contributed by atoms with van der Waals surface area (Å²) in [6.45, 7) is 0. The maximum atomic E-state index is 5.84. The summed E-state index contributed by atoms with van der Waals surface area (Å²) in [7, 11) is 0. The van der Waals surface area contributed by atoms with Crippen LogP contribution in [0.1, 0.15) is 12.8 Å². The molecule has 0 unspecified atom stereocenters. The number of nitrogen functional groups attached to an aromatic ring is 1. The van der Waals surface area contributed by atoms with Gasteiger partial charge in [-0.25, -0.2) is 0 Å². The smallest absolute Gasteiger partial charge is 0.121 e. The van der Waals surface area contributed by atoms with Crippen molar-refractivity contribution < 1.29 is 4.74 Å². The molecule has 1 aliphatic heterocycles. The monoisotopic (exact) mass is 209 g/mol. The summed E-state index contributed by atoms with van der Waals surface area (Å²) in [6, 6.07) is 7.67. The number of ether oxygens (including phenoxy) is 1. The summed E-state index contributed by atoms with van der Waals surface area (Å²) in [5.41, 5.74) is 6.45. The fourth-order valence-electron chi connectivity index (χ4n) is 1.57. The van der Waals surface area contributed by atoms with Crippen molar-refractivity contribution in [3.8, 4) is 5.75 Å². The topological polar surface area (TPSA) is 35.2 Å². The van der Waals surface area contributed by atoms with Gasteiger partial charge in [-0.1, -0.05) is 6.07 Å². The molecule has 0 aromatic heterocycles. The highest BCUT2D eigenvalue weighted by molar-refractivity contribution is 7.99. The minimum Gasteiger partial charge on any atom is -0.490 e. The molecule has 1 aromatic carbocycles. The van der Waals surface area contributed by atoms with Gasteiger partial charge >= 0.3 is 0 Å². The lowest BCUT2D eigenvalue weighted by Crippen LogP contribution is -2.22. The Morgan fingerprint density at radius 1 is 1.29 bits per heavy atom. The lowest BCUT2D eigenvalue weighted by Gasteiger charge is -2.22. The van der Waals surface area contributed by atoms with E-state index in [0.29, 0.717) is 6.10 Å². The Morgan fingerprint density at radius 2 is 2.07 bits per heavy atom. The van der Waals surface area contributed by atoms with Crippen molar-refractivity contribution in [3.05, 3.63) is 24.3 Å². The quantitative estimate of drug-likeness (QED) is 0.760. The molecule has 1 heterocycles. The molecule has 1 saturated heterocycles. The molecule has 0 atom stereocenters. The number of hydrogen-bond acceptors (Lipinski definition) is 3. The van der Waals surface area contributed by atoms with E-state index in [2.05, 4.69) is 0 Å². The number of rotatable bonds is 2. The molecule has 1 aliphatic rings. The fourth-order valence-corrected chi connectivity index (χ4v) is 2.64. The van der Waals surface area contributed by atoms with Crippen LogP contribution in [-0.2, 0) is 0 Å². The van der Waals surface area contributed by atoms with Crippen molar-refractivity contribution in [2.24, 2.45) is 0 Å². The van der Waals surface area contributed by atoms with Crippen molar-refractivity contribution in [2.75, 3.05) is 17.2 Å². The largest absolute Gasteiger partial charge is 0.490 e. The molecule has 0 saturated carbocycles. The van der Waals surface area contributed by atoms with E-state index in [1.54, 1.807) is 0 Å². The van der Waals surface area contributed by atoms with Crippen LogP contribution in [0.2, 0.25) is 0 Å². The van der Waals surface area contributed by atoms with Gasteiger partial charge in [0, 0.05) is 11.8 Å². The minimum atomic E-state index is 0.387. The van der Waals surface area contributed by atoms with Gasteiger partial charge in [0.25, 0.3) is 0 Å². The molecule has 2 N–H and O–H groups in total. The van der Waals surface area contributed by atoms with E-state index >= 15 is 0 Å². The summed E-state index contributed by atoms with van der Waals surface area (Å²) in [5, 5.41) is 0. The van der Waals surface area contributed by atoms with Crippen LogP contribution in [0.5, 0.6) is 5.75 Å². The van der Waals surface area contributed by atoms with E-state index in [9.17, 15) is 0 Å². The molecule has 0 spiro atoms. The number of hydrogen-bond donors (Lipinski definition) is 1. The first kappa shape index (κ1) is 9.71. The van der Waals surface area contributed by atoms with Gasteiger partial charge in [0.15, 0.2) is 0 Å². The molecule has 2 nitrogen and oxygen atoms in total. The third kappa shape index (κ3) is 2.58. The third-order valence-electron chi connectivity index (χ3n) is 2.33. The lowest BCUT2D eigenvalue weighted by molar-refractivity contribution is 0.192. The summed E-state index contributed by atoms with van der Waals surface area (Å²) in [5.74, 6) is 3.34. The molecule has 1 aromatic rings. The normalized spacial score (nSPS) is 18.0. The van der Waals surface area contributed by atoms with Gasteiger partial charge in [0.05, 0.1) is 0 Å². The molecule has 0 bridgehead atoms. The summed E-state index contributed by atoms with van der Waals surface area (Å²) >= 11 is 2.01. The zero-order valence-electron chi connectivity index (χ0n) is 8.11. The molecule has 0 radical (unpaired) electrons. The van der Waals surface area contributed by atoms with Crippen molar-refractivity contribution in [1.82, 2.24) is 0 Å². The SMILES string of the molecule is Nc1cccc(OC2CCSCC2)c1. The molecule has 0 amide bonds. The maximum absolute atomic E-state index is 5.84. The molecule has 14 heavy (non-hydrogen) atoms.